The zero-order valence-corrected chi connectivity index (χ0v) is 9.36. The first-order valence-corrected chi connectivity index (χ1v) is 5.02. The lowest BCUT2D eigenvalue weighted by molar-refractivity contribution is 0.0867. The van der Waals surface area contributed by atoms with Crippen molar-refractivity contribution < 1.29 is 9.57 Å². The molecule has 0 spiro atoms. The first-order chi connectivity index (χ1) is 7.85. The highest BCUT2D eigenvalue weighted by Gasteiger charge is 2.03. The molecule has 0 aliphatic heterocycles. The lowest BCUT2D eigenvalue weighted by Crippen LogP contribution is -2.10. The summed E-state index contributed by atoms with van der Waals surface area (Å²) in [7, 11) is 3.23. The first kappa shape index (κ1) is 10.9. The fraction of sp³-hybridized carbons (Fsp3) is 0.250. The van der Waals surface area contributed by atoms with Gasteiger partial charge in [0, 0.05) is 18.1 Å². The van der Waals surface area contributed by atoms with Crippen molar-refractivity contribution in [1.29, 1.82) is 0 Å². The monoisotopic (exact) mass is 218 g/mol. The minimum absolute atomic E-state index is 0.650. The molecule has 0 bridgehead atoms. The zero-order valence-electron chi connectivity index (χ0n) is 9.36. The number of fused-ring (bicyclic) bond motifs is 1. The summed E-state index contributed by atoms with van der Waals surface area (Å²) < 4.78 is 5.22. The van der Waals surface area contributed by atoms with Gasteiger partial charge in [0.2, 0.25) is 5.88 Å². The Hall–Kier alpha value is -1.65. The van der Waals surface area contributed by atoms with Crippen LogP contribution in [0.1, 0.15) is 5.56 Å². The van der Waals surface area contributed by atoms with Gasteiger partial charge in [0.15, 0.2) is 0 Å². The largest absolute Gasteiger partial charge is 0.481 e. The Labute approximate surface area is 94.2 Å². The molecule has 1 heterocycles. The summed E-state index contributed by atoms with van der Waals surface area (Å²) in [4.78, 5) is 8.99. The van der Waals surface area contributed by atoms with Crippen molar-refractivity contribution in [3.8, 4) is 5.88 Å². The molecule has 1 aromatic carbocycles. The van der Waals surface area contributed by atoms with E-state index in [9.17, 15) is 0 Å². The molecule has 4 nitrogen and oxygen atoms in total. The van der Waals surface area contributed by atoms with Gasteiger partial charge in [0.05, 0.1) is 14.2 Å². The second-order valence-corrected chi connectivity index (χ2v) is 3.40. The van der Waals surface area contributed by atoms with Gasteiger partial charge in [-0.2, -0.15) is 5.48 Å². The molecule has 0 aliphatic carbocycles. The molecular weight excluding hydrogens is 204 g/mol. The lowest BCUT2D eigenvalue weighted by Gasteiger charge is -2.07. The van der Waals surface area contributed by atoms with Crippen molar-refractivity contribution in [2.24, 2.45) is 0 Å². The number of rotatable bonds is 4. The Morgan fingerprint density at radius 3 is 2.88 bits per heavy atom. The van der Waals surface area contributed by atoms with E-state index in [1.54, 1.807) is 20.4 Å². The van der Waals surface area contributed by atoms with E-state index < -0.39 is 0 Å². The molecule has 4 heteroatoms. The normalized spacial score (nSPS) is 10.6. The number of pyridine rings is 1. The number of ether oxygens (including phenoxy) is 1. The maximum Gasteiger partial charge on any atom is 0.221 e. The lowest BCUT2D eigenvalue weighted by atomic mass is 10.1. The summed E-state index contributed by atoms with van der Waals surface area (Å²) in [5.41, 5.74) is 3.93. The van der Waals surface area contributed by atoms with Crippen molar-refractivity contribution in [3.05, 3.63) is 36.0 Å². The third kappa shape index (κ3) is 2.13. The van der Waals surface area contributed by atoms with Crippen LogP contribution in [0, 0.1) is 0 Å². The van der Waals surface area contributed by atoms with E-state index in [1.807, 2.05) is 24.3 Å². The maximum atomic E-state index is 5.22. The predicted octanol–water partition coefficient (Wildman–Crippen LogP) is 1.89. The summed E-state index contributed by atoms with van der Waals surface area (Å²) in [6.07, 6.45) is 1.74. The number of hydrogen-bond acceptors (Lipinski definition) is 4. The number of methoxy groups -OCH3 is 1. The van der Waals surface area contributed by atoms with Crippen LogP contribution >= 0.6 is 0 Å². The van der Waals surface area contributed by atoms with Crippen LogP contribution in [0.25, 0.3) is 10.8 Å². The summed E-state index contributed by atoms with van der Waals surface area (Å²) >= 11 is 0. The fourth-order valence-corrected chi connectivity index (χ4v) is 1.62. The summed E-state index contributed by atoms with van der Waals surface area (Å²) in [6, 6.07) is 8.11. The van der Waals surface area contributed by atoms with E-state index >= 15 is 0 Å². The van der Waals surface area contributed by atoms with Crippen molar-refractivity contribution in [2.75, 3.05) is 14.2 Å². The number of nitrogens with one attached hydrogen (secondary N) is 1. The van der Waals surface area contributed by atoms with E-state index in [2.05, 4.69) is 10.5 Å². The number of nitrogens with zero attached hydrogens (tertiary/aromatic N) is 1. The average Bonchev–Trinajstić information content (AvgIpc) is 2.35. The molecule has 84 valence electrons. The van der Waals surface area contributed by atoms with Gasteiger partial charge in [0.1, 0.15) is 0 Å². The molecule has 2 rings (SSSR count). The number of aromatic nitrogens is 1. The van der Waals surface area contributed by atoms with Gasteiger partial charge < -0.3 is 9.57 Å². The summed E-state index contributed by atoms with van der Waals surface area (Å²) in [5.74, 6) is 0.650. The SMILES string of the molecule is CONCc1ccc2ccnc(OC)c2c1. The Kier molecular flexibility index (Phi) is 3.34. The Bertz CT molecular complexity index is 485. The highest BCUT2D eigenvalue weighted by atomic mass is 16.6. The van der Waals surface area contributed by atoms with Crippen LogP contribution in [-0.2, 0) is 11.4 Å². The van der Waals surface area contributed by atoms with Crippen LogP contribution in [0.5, 0.6) is 5.88 Å². The quantitative estimate of drug-likeness (QED) is 0.796. The molecule has 0 atom stereocenters. The molecule has 0 fully saturated rings. The molecule has 0 unspecified atom stereocenters. The van der Waals surface area contributed by atoms with Crippen LogP contribution in [-0.4, -0.2) is 19.2 Å². The Morgan fingerprint density at radius 1 is 1.25 bits per heavy atom. The third-order valence-electron chi connectivity index (χ3n) is 2.41. The highest BCUT2D eigenvalue weighted by molar-refractivity contribution is 5.87. The molecule has 1 aromatic heterocycles. The molecule has 16 heavy (non-hydrogen) atoms. The van der Waals surface area contributed by atoms with Gasteiger partial charge in [0.25, 0.3) is 0 Å². The van der Waals surface area contributed by atoms with Gasteiger partial charge in [-0.05, 0) is 23.1 Å². The van der Waals surface area contributed by atoms with Gasteiger partial charge in [-0.3, -0.25) is 0 Å². The number of hydrogen-bond donors (Lipinski definition) is 1. The minimum Gasteiger partial charge on any atom is -0.481 e. The molecule has 2 aromatic rings. The van der Waals surface area contributed by atoms with E-state index in [1.165, 1.54) is 0 Å². The molecule has 0 amide bonds. The standard InChI is InChI=1S/C12H14N2O2/c1-15-12-11-7-9(8-14-16-2)3-4-10(11)5-6-13-12/h3-7,14H,8H2,1-2H3. The second kappa shape index (κ2) is 4.92. The first-order valence-electron chi connectivity index (χ1n) is 5.02. The Morgan fingerprint density at radius 2 is 2.12 bits per heavy atom. The maximum absolute atomic E-state index is 5.22. The molecule has 0 radical (unpaired) electrons. The van der Waals surface area contributed by atoms with Crippen molar-refractivity contribution >= 4 is 10.8 Å². The summed E-state index contributed by atoms with van der Waals surface area (Å²) in [5, 5.41) is 2.13. The predicted molar refractivity (Wildman–Crippen MR) is 62.1 cm³/mol. The highest BCUT2D eigenvalue weighted by Crippen LogP contribution is 2.23. The number of benzene rings is 1. The van der Waals surface area contributed by atoms with Gasteiger partial charge in [-0.25, -0.2) is 4.98 Å². The van der Waals surface area contributed by atoms with E-state index in [0.29, 0.717) is 12.4 Å². The Balaban J connectivity index is 2.42. The van der Waals surface area contributed by atoms with Crippen LogP contribution in [0.3, 0.4) is 0 Å². The van der Waals surface area contributed by atoms with Crippen LogP contribution in [0.15, 0.2) is 30.5 Å². The van der Waals surface area contributed by atoms with Crippen molar-refractivity contribution in [2.45, 2.75) is 6.54 Å². The van der Waals surface area contributed by atoms with Gasteiger partial charge in [-0.1, -0.05) is 12.1 Å². The number of hydroxylamine groups is 1. The third-order valence-corrected chi connectivity index (χ3v) is 2.41. The smallest absolute Gasteiger partial charge is 0.221 e. The molecule has 0 saturated heterocycles. The zero-order chi connectivity index (χ0) is 11.4. The van der Waals surface area contributed by atoms with Crippen LogP contribution < -0.4 is 10.2 Å². The van der Waals surface area contributed by atoms with E-state index in [-0.39, 0.29) is 0 Å². The van der Waals surface area contributed by atoms with Crippen molar-refractivity contribution in [3.63, 3.8) is 0 Å². The molecule has 0 saturated carbocycles. The summed E-state index contributed by atoms with van der Waals surface area (Å²) in [6.45, 7) is 0.657. The van der Waals surface area contributed by atoms with Crippen molar-refractivity contribution in [1.82, 2.24) is 10.5 Å². The fourth-order valence-electron chi connectivity index (χ4n) is 1.62. The molecule has 1 N–H and O–H groups in total. The average molecular weight is 218 g/mol. The topological polar surface area (TPSA) is 43.4 Å². The minimum atomic E-state index is 0.650. The van der Waals surface area contributed by atoms with Gasteiger partial charge >= 0.3 is 0 Å². The molecular formula is C12H14N2O2. The van der Waals surface area contributed by atoms with Gasteiger partial charge in [-0.15, -0.1) is 0 Å². The van der Waals surface area contributed by atoms with Crippen LogP contribution in [0.4, 0.5) is 0 Å². The van der Waals surface area contributed by atoms with Crippen LogP contribution in [0.2, 0.25) is 0 Å². The molecule has 0 aliphatic rings. The van der Waals surface area contributed by atoms with E-state index in [4.69, 9.17) is 9.57 Å². The van der Waals surface area contributed by atoms with E-state index in [0.717, 1.165) is 16.3 Å². The second-order valence-electron chi connectivity index (χ2n) is 3.40.